The van der Waals surface area contributed by atoms with Crippen LogP contribution in [0.25, 0.3) is 90.9 Å². The number of nitrogens with zero attached hydrogens (tertiary/aromatic N) is 2. The van der Waals surface area contributed by atoms with Crippen LogP contribution in [-0.2, 0) is 57.1 Å². The molecule has 0 radical (unpaired) electrons. The molecule has 0 amide bonds. The van der Waals surface area contributed by atoms with Crippen molar-refractivity contribution in [1.82, 2.24) is 19.9 Å². The van der Waals surface area contributed by atoms with Crippen LogP contribution in [0.5, 0.6) is 23.0 Å². The lowest BCUT2D eigenvalue weighted by Gasteiger charge is -2.11. The number of unbranched alkanes of at least 4 members (excludes halogenated alkanes) is 20. The number of aromatic amines is 2. The topological polar surface area (TPSA) is 250 Å². The number of carbonyl (C=O) groups is 4. The van der Waals surface area contributed by atoms with E-state index < -0.39 is 0 Å². The lowest BCUT2D eigenvalue weighted by atomic mass is 10.0. The van der Waals surface area contributed by atoms with E-state index in [1.54, 1.807) is 0 Å². The quantitative estimate of drug-likeness (QED) is 0.0156. The molecule has 8 bridgehead atoms. The van der Waals surface area contributed by atoms with E-state index in [1.807, 2.05) is 121 Å². The number of aromatic nitrogens is 4. The lowest BCUT2D eigenvalue weighted by Crippen LogP contribution is -2.12. The van der Waals surface area contributed by atoms with E-state index in [9.17, 15) is 19.2 Å². The predicted molar refractivity (Wildman–Crippen MR) is 453 cm³/mol. The van der Waals surface area contributed by atoms with E-state index >= 15 is 0 Å². The number of epoxide rings is 4. The highest BCUT2D eigenvalue weighted by Crippen LogP contribution is 2.41. The van der Waals surface area contributed by atoms with Gasteiger partial charge in [0.2, 0.25) is 0 Å². The van der Waals surface area contributed by atoms with Crippen molar-refractivity contribution in [3.8, 4) is 67.5 Å². The van der Waals surface area contributed by atoms with Gasteiger partial charge < -0.3 is 66.8 Å². The van der Waals surface area contributed by atoms with Crippen LogP contribution in [0.4, 0.5) is 0 Å². The van der Waals surface area contributed by atoms with Crippen LogP contribution in [0.3, 0.4) is 0 Å². The van der Waals surface area contributed by atoms with Crippen LogP contribution < -0.4 is 18.9 Å². The zero-order valence-electron chi connectivity index (χ0n) is 67.7. The third-order valence-corrected chi connectivity index (χ3v) is 21.9. The Morgan fingerprint density at radius 2 is 0.500 bits per heavy atom. The lowest BCUT2D eigenvalue weighted by molar-refractivity contribution is -0.145. The summed E-state index contributed by atoms with van der Waals surface area (Å²) in [4.78, 5) is 70.6. The fourth-order valence-corrected chi connectivity index (χ4v) is 15.3. The van der Waals surface area contributed by atoms with Gasteiger partial charge in [0.1, 0.15) is 75.9 Å². The largest absolute Gasteiger partial charge is 0.490 e. The first-order chi connectivity index (χ1) is 57.2. The minimum Gasteiger partial charge on any atom is -0.490 e. The number of ether oxygens (including phenoxy) is 12. The number of benzene rings is 4. The molecule has 4 unspecified atom stereocenters. The number of fused-ring (bicyclic) bond motifs is 8. The third kappa shape index (κ3) is 28.4. The molecule has 0 aliphatic carbocycles. The van der Waals surface area contributed by atoms with Crippen LogP contribution in [0.1, 0.15) is 228 Å². The monoisotopic (exact) mass is 1580 g/mol. The minimum atomic E-state index is -0.225. The van der Waals surface area contributed by atoms with E-state index in [0.29, 0.717) is 95.9 Å². The Kier molecular flexibility index (Phi) is 33.3. The number of rotatable bonds is 56. The maximum absolute atomic E-state index is 12.9. The summed E-state index contributed by atoms with van der Waals surface area (Å²) < 4.78 is 69.7. The Bertz CT molecular complexity index is 3990. The van der Waals surface area contributed by atoms with Crippen molar-refractivity contribution in [2.24, 2.45) is 0 Å². The highest BCUT2D eigenvalue weighted by molar-refractivity contribution is 6.00. The second-order valence-electron chi connectivity index (χ2n) is 31.4. The maximum Gasteiger partial charge on any atom is 0.305 e. The molecule has 6 aliphatic rings. The van der Waals surface area contributed by atoms with Crippen LogP contribution in [0.2, 0.25) is 0 Å². The van der Waals surface area contributed by atoms with Crippen molar-refractivity contribution >= 4 is 70.2 Å². The molecule has 13 rings (SSSR count). The molecule has 0 saturated carbocycles. The van der Waals surface area contributed by atoms with E-state index in [4.69, 9.17) is 66.8 Å². The van der Waals surface area contributed by atoms with Gasteiger partial charge >= 0.3 is 23.9 Å². The highest BCUT2D eigenvalue weighted by Gasteiger charge is 2.26. The van der Waals surface area contributed by atoms with Crippen molar-refractivity contribution in [2.45, 2.75) is 230 Å². The molecular weight excluding hydrogens is 1470 g/mol. The Morgan fingerprint density at radius 1 is 0.284 bits per heavy atom. The molecule has 3 aromatic heterocycles. The number of carbonyl (C=O) groups excluding carboxylic acids is 4. The molecule has 618 valence electrons. The van der Waals surface area contributed by atoms with Gasteiger partial charge in [0.25, 0.3) is 0 Å². The van der Waals surface area contributed by atoms with Crippen LogP contribution in [0, 0.1) is 0 Å². The van der Waals surface area contributed by atoms with Crippen molar-refractivity contribution in [1.29, 1.82) is 0 Å². The smallest absolute Gasteiger partial charge is 0.305 e. The molecule has 20 heteroatoms. The Labute approximate surface area is 683 Å². The van der Waals surface area contributed by atoms with Gasteiger partial charge in [-0.15, -0.1) is 0 Å². The van der Waals surface area contributed by atoms with Gasteiger partial charge in [-0.3, -0.25) is 19.2 Å². The molecule has 4 atom stereocenters. The first-order valence-corrected chi connectivity index (χ1v) is 43.4. The Morgan fingerprint density at radius 3 is 0.724 bits per heavy atom. The van der Waals surface area contributed by atoms with Crippen molar-refractivity contribution < 1.29 is 76.0 Å². The molecule has 116 heavy (non-hydrogen) atoms. The number of hydrogen-bond donors (Lipinski definition) is 2. The van der Waals surface area contributed by atoms with E-state index in [0.717, 1.165) is 221 Å². The average molecular weight is 1580 g/mol. The van der Waals surface area contributed by atoms with Gasteiger partial charge in [-0.2, -0.15) is 0 Å². The standard InChI is InChI=1S/C96H118N4O16/c101-89(41-21-13-5-1-9-17-33-77-65-113-77)109-57-53-105-73-37-25-29-69(61-73)93-81-45-47-83(97-81)94(70-30-26-38-74(62-70)106-54-58-110-90(102)42-22-14-6-2-10-18-34-78-66-114-78)85-49-51-87(99-85)96(72-32-28-40-76(64-72)108-56-60-112-92(104)44-24-16-8-4-12-20-36-80-68-116-80)88-52-50-86(100-88)95(84-48-46-82(93)98-84)71-31-27-39-75(63-71)107-55-59-111-91(103)43-23-15-7-3-11-19-35-79-67-115-79/h25-32,37-40,45-52,61-64,77-80,97,100H,1-24,33-36,41-44,53-60,65-68H2. The fourth-order valence-electron chi connectivity index (χ4n) is 15.3. The summed E-state index contributed by atoms with van der Waals surface area (Å²) in [6.07, 6.45) is 41.9. The van der Waals surface area contributed by atoms with Gasteiger partial charge in [0.05, 0.1) is 73.6 Å². The molecule has 7 aromatic rings. The fraction of sp³-hybridized carbons (Fsp3) is 0.500. The van der Waals surface area contributed by atoms with Gasteiger partial charge in [-0.25, -0.2) is 9.97 Å². The number of H-pyrrole nitrogens is 2. The SMILES string of the molecule is O=C(CCCCCCCCC1CO1)OCCOc1cccc(-c2c3nc(c(-c4cccc(OCCOC(=O)CCCCCCCCC5CO5)c4)c4ccc([nH]4)c(-c4cccc(OCCOC(=O)CCCCCCCCC5CO5)c4)c4nc(c(-c5cccc(OCCOC(=O)CCCCCCCCC6CO6)c5)c5ccc2[nH]5)C=C4)C=C3)c1. The van der Waals surface area contributed by atoms with E-state index in [2.05, 4.69) is 34.2 Å². The molecule has 4 aromatic carbocycles. The summed E-state index contributed by atoms with van der Waals surface area (Å²) >= 11 is 0. The van der Waals surface area contributed by atoms with Crippen LogP contribution in [-0.4, -0.2) is 148 Å². The summed E-state index contributed by atoms with van der Waals surface area (Å²) in [5.41, 5.74) is 12.1. The molecule has 9 heterocycles. The normalized spacial score (nSPS) is 16.1. The summed E-state index contributed by atoms with van der Waals surface area (Å²) in [5, 5.41) is 0. The van der Waals surface area contributed by atoms with Crippen LogP contribution >= 0.6 is 0 Å². The summed E-state index contributed by atoms with van der Waals surface area (Å²) in [6, 6.07) is 39.8. The average Bonchev–Trinajstić information content (AvgIpc) is 1.60. The first-order valence-electron chi connectivity index (χ1n) is 43.4. The van der Waals surface area contributed by atoms with Gasteiger partial charge in [-0.1, -0.05) is 177 Å². The van der Waals surface area contributed by atoms with Crippen LogP contribution in [0.15, 0.2) is 121 Å². The Hall–Kier alpha value is -9.60. The second-order valence-corrected chi connectivity index (χ2v) is 31.4. The van der Waals surface area contributed by atoms with Gasteiger partial charge in [0, 0.05) is 70.0 Å². The van der Waals surface area contributed by atoms with Gasteiger partial charge in [0.15, 0.2) is 0 Å². The van der Waals surface area contributed by atoms with E-state index in [1.165, 1.54) is 51.4 Å². The number of esters is 4. The zero-order chi connectivity index (χ0) is 79.6. The molecule has 4 saturated heterocycles. The molecule has 4 fully saturated rings. The summed E-state index contributed by atoms with van der Waals surface area (Å²) in [7, 11) is 0. The molecular formula is C96H118N4O16. The summed E-state index contributed by atoms with van der Waals surface area (Å²) in [6.45, 7) is 4.73. The molecule has 20 nitrogen and oxygen atoms in total. The molecule has 2 N–H and O–H groups in total. The number of hydrogen-bond acceptors (Lipinski definition) is 18. The third-order valence-electron chi connectivity index (χ3n) is 21.9. The van der Waals surface area contributed by atoms with Crippen molar-refractivity contribution in [2.75, 3.05) is 79.3 Å². The zero-order valence-corrected chi connectivity index (χ0v) is 67.7. The molecule has 0 spiro atoms. The number of nitrogens with one attached hydrogen (secondary N) is 2. The van der Waals surface area contributed by atoms with Crippen molar-refractivity contribution in [3.05, 3.63) is 144 Å². The first kappa shape index (κ1) is 84.3. The summed E-state index contributed by atoms with van der Waals surface area (Å²) in [5.74, 6) is 1.46. The minimum absolute atomic E-state index is 0.110. The molecule has 6 aliphatic heterocycles. The predicted octanol–water partition coefficient (Wildman–Crippen LogP) is 21.1. The van der Waals surface area contributed by atoms with Gasteiger partial charge in [-0.05, 0) is 171 Å². The highest BCUT2D eigenvalue weighted by atomic mass is 16.6. The maximum atomic E-state index is 12.9. The van der Waals surface area contributed by atoms with E-state index in [-0.39, 0.29) is 76.7 Å². The van der Waals surface area contributed by atoms with Crippen molar-refractivity contribution in [3.63, 3.8) is 0 Å². The Balaban J connectivity index is 0.789. The second kappa shape index (κ2) is 45.8.